The lowest BCUT2D eigenvalue weighted by molar-refractivity contribution is 1.63. The van der Waals surface area contributed by atoms with E-state index in [2.05, 4.69) is 49.2 Å². The van der Waals surface area contributed by atoms with Gasteiger partial charge in [0.2, 0.25) is 0 Å². The van der Waals surface area contributed by atoms with Crippen LogP contribution in [0.2, 0.25) is 13.1 Å². The summed E-state index contributed by atoms with van der Waals surface area (Å²) in [4.78, 5) is 0. The van der Waals surface area contributed by atoms with Crippen LogP contribution in [-0.4, -0.2) is 8.80 Å². The SMILES string of the molecule is C[SiH](C)c1ccc(C#Cc2ccccc2)cc1. The summed E-state index contributed by atoms with van der Waals surface area (Å²) in [5.74, 6) is 6.36. The number of rotatable bonds is 1. The van der Waals surface area contributed by atoms with E-state index in [1.165, 1.54) is 5.19 Å². The van der Waals surface area contributed by atoms with Crippen LogP contribution in [0, 0.1) is 11.8 Å². The van der Waals surface area contributed by atoms with E-state index in [0.717, 1.165) is 11.1 Å². The van der Waals surface area contributed by atoms with Crippen molar-refractivity contribution in [3.8, 4) is 11.8 Å². The molecule has 0 N–H and O–H groups in total. The number of hydrogen-bond donors (Lipinski definition) is 0. The summed E-state index contributed by atoms with van der Waals surface area (Å²) in [6.07, 6.45) is 0. The van der Waals surface area contributed by atoms with Crippen LogP contribution in [0.5, 0.6) is 0 Å². The van der Waals surface area contributed by atoms with Crippen molar-refractivity contribution in [2.45, 2.75) is 13.1 Å². The maximum atomic E-state index is 3.19. The monoisotopic (exact) mass is 236 g/mol. The average molecular weight is 236 g/mol. The highest BCUT2D eigenvalue weighted by molar-refractivity contribution is 6.70. The Bertz CT molecular complexity index is 527. The molecule has 17 heavy (non-hydrogen) atoms. The molecular weight excluding hydrogens is 220 g/mol. The molecule has 2 aromatic carbocycles. The van der Waals surface area contributed by atoms with E-state index in [1.54, 1.807) is 0 Å². The van der Waals surface area contributed by atoms with Gasteiger partial charge in [0.05, 0.1) is 8.80 Å². The topological polar surface area (TPSA) is 0 Å². The number of hydrogen-bond acceptors (Lipinski definition) is 0. The van der Waals surface area contributed by atoms with Crippen molar-refractivity contribution in [3.63, 3.8) is 0 Å². The van der Waals surface area contributed by atoms with Gasteiger partial charge in [-0.25, -0.2) is 0 Å². The molecule has 0 heterocycles. The Morgan fingerprint density at radius 3 is 1.76 bits per heavy atom. The van der Waals surface area contributed by atoms with Gasteiger partial charge in [0, 0.05) is 11.1 Å². The van der Waals surface area contributed by atoms with E-state index < -0.39 is 8.80 Å². The van der Waals surface area contributed by atoms with Crippen LogP contribution in [-0.2, 0) is 0 Å². The summed E-state index contributed by atoms with van der Waals surface area (Å²) in [5, 5.41) is 1.50. The molecule has 0 fully saturated rings. The summed E-state index contributed by atoms with van der Waals surface area (Å²) < 4.78 is 0. The lowest BCUT2D eigenvalue weighted by Gasteiger charge is -2.02. The Labute approximate surface area is 105 Å². The minimum Gasteiger partial charge on any atom is -0.0682 e. The fraction of sp³-hybridized carbons (Fsp3) is 0.125. The second kappa shape index (κ2) is 5.52. The van der Waals surface area contributed by atoms with Gasteiger partial charge in [-0.15, -0.1) is 0 Å². The Kier molecular flexibility index (Phi) is 3.80. The molecule has 2 aromatic rings. The van der Waals surface area contributed by atoms with E-state index >= 15 is 0 Å². The predicted molar refractivity (Wildman–Crippen MR) is 77.4 cm³/mol. The molecule has 0 nitrogen and oxygen atoms in total. The van der Waals surface area contributed by atoms with Crippen molar-refractivity contribution in [3.05, 3.63) is 65.7 Å². The molecule has 0 aliphatic heterocycles. The van der Waals surface area contributed by atoms with E-state index in [1.807, 2.05) is 30.3 Å². The van der Waals surface area contributed by atoms with E-state index in [-0.39, 0.29) is 0 Å². The van der Waals surface area contributed by atoms with Gasteiger partial charge >= 0.3 is 0 Å². The van der Waals surface area contributed by atoms with Gasteiger partial charge in [-0.3, -0.25) is 0 Å². The van der Waals surface area contributed by atoms with Crippen LogP contribution in [0.15, 0.2) is 54.6 Å². The smallest absolute Gasteiger partial charge is 0.0647 e. The highest BCUT2D eigenvalue weighted by Crippen LogP contribution is 1.99. The predicted octanol–water partition coefficient (Wildman–Crippen LogP) is 2.78. The van der Waals surface area contributed by atoms with Crippen LogP contribution in [0.3, 0.4) is 0 Å². The molecule has 0 radical (unpaired) electrons. The van der Waals surface area contributed by atoms with E-state index in [0.29, 0.717) is 0 Å². The standard InChI is InChI=1S/C16H16Si/c1-17(2)16-12-10-15(11-13-16)9-8-14-6-4-3-5-7-14/h3-7,10-13,17H,1-2H3. The second-order valence-electron chi connectivity index (χ2n) is 4.39. The molecular formula is C16H16Si. The first kappa shape index (κ1) is 11.7. The van der Waals surface area contributed by atoms with E-state index in [4.69, 9.17) is 0 Å². The van der Waals surface area contributed by atoms with Crippen molar-refractivity contribution in [2.24, 2.45) is 0 Å². The first-order chi connectivity index (χ1) is 8.25. The van der Waals surface area contributed by atoms with Crippen LogP contribution in [0.25, 0.3) is 0 Å². The van der Waals surface area contributed by atoms with Crippen molar-refractivity contribution in [2.75, 3.05) is 0 Å². The van der Waals surface area contributed by atoms with Gasteiger partial charge < -0.3 is 0 Å². The van der Waals surface area contributed by atoms with Gasteiger partial charge in [-0.1, -0.05) is 60.5 Å². The first-order valence-electron chi connectivity index (χ1n) is 5.93. The van der Waals surface area contributed by atoms with Crippen LogP contribution < -0.4 is 5.19 Å². The quantitative estimate of drug-likeness (QED) is 0.527. The molecule has 0 spiro atoms. The third-order valence-corrected chi connectivity index (χ3v) is 4.42. The zero-order valence-corrected chi connectivity index (χ0v) is 11.4. The fourth-order valence-electron chi connectivity index (χ4n) is 1.62. The summed E-state index contributed by atoms with van der Waals surface area (Å²) in [6, 6.07) is 18.8. The molecule has 1 heteroatoms. The van der Waals surface area contributed by atoms with Crippen LogP contribution in [0.1, 0.15) is 11.1 Å². The molecule has 0 atom stereocenters. The van der Waals surface area contributed by atoms with Crippen LogP contribution in [0.4, 0.5) is 0 Å². The molecule has 2 rings (SSSR count). The number of benzene rings is 2. The fourth-order valence-corrected chi connectivity index (χ4v) is 2.58. The second-order valence-corrected chi connectivity index (χ2v) is 7.37. The minimum absolute atomic E-state index is 0.677. The van der Waals surface area contributed by atoms with Gasteiger partial charge in [0.15, 0.2) is 0 Å². The Morgan fingerprint density at radius 1 is 0.706 bits per heavy atom. The largest absolute Gasteiger partial charge is 0.0682 e. The molecule has 84 valence electrons. The summed E-state index contributed by atoms with van der Waals surface area (Å²) in [5.41, 5.74) is 2.15. The lowest BCUT2D eigenvalue weighted by atomic mass is 10.2. The van der Waals surface area contributed by atoms with Crippen molar-refractivity contribution in [1.82, 2.24) is 0 Å². The van der Waals surface area contributed by atoms with Gasteiger partial charge in [-0.05, 0) is 24.3 Å². The van der Waals surface area contributed by atoms with Crippen molar-refractivity contribution in [1.29, 1.82) is 0 Å². The highest BCUT2D eigenvalue weighted by atomic mass is 28.3. The van der Waals surface area contributed by atoms with Crippen molar-refractivity contribution < 1.29 is 0 Å². The van der Waals surface area contributed by atoms with Crippen LogP contribution >= 0.6 is 0 Å². The van der Waals surface area contributed by atoms with Gasteiger partial charge in [0.1, 0.15) is 0 Å². The third-order valence-electron chi connectivity index (χ3n) is 2.70. The molecule has 0 saturated heterocycles. The normalized spacial score (nSPS) is 9.82. The minimum atomic E-state index is -0.677. The van der Waals surface area contributed by atoms with Gasteiger partial charge in [0.25, 0.3) is 0 Å². The molecule has 0 amide bonds. The average Bonchev–Trinajstić information content (AvgIpc) is 2.38. The maximum absolute atomic E-state index is 3.19. The van der Waals surface area contributed by atoms with Gasteiger partial charge in [-0.2, -0.15) is 0 Å². The molecule has 0 unspecified atom stereocenters. The zero-order chi connectivity index (χ0) is 12.1. The molecule has 0 saturated carbocycles. The summed E-state index contributed by atoms with van der Waals surface area (Å²) >= 11 is 0. The van der Waals surface area contributed by atoms with Crippen molar-refractivity contribution >= 4 is 14.0 Å². The molecule has 0 aliphatic carbocycles. The summed E-state index contributed by atoms with van der Waals surface area (Å²) in [7, 11) is -0.677. The van der Waals surface area contributed by atoms with E-state index in [9.17, 15) is 0 Å². The lowest BCUT2D eigenvalue weighted by Crippen LogP contribution is -2.21. The Balaban J connectivity index is 2.17. The first-order valence-corrected chi connectivity index (χ1v) is 8.81. The molecule has 0 aliphatic rings. The molecule has 0 bridgehead atoms. The zero-order valence-electron chi connectivity index (χ0n) is 10.3. The highest BCUT2D eigenvalue weighted by Gasteiger charge is 1.98. The summed E-state index contributed by atoms with van der Waals surface area (Å²) in [6.45, 7) is 4.68. The Morgan fingerprint density at radius 2 is 1.24 bits per heavy atom. The molecule has 0 aromatic heterocycles. The third kappa shape index (κ3) is 3.34. The Hall–Kier alpha value is -1.78. The maximum Gasteiger partial charge on any atom is 0.0647 e.